The van der Waals surface area contributed by atoms with E-state index in [4.69, 9.17) is 21.1 Å². The quantitative estimate of drug-likeness (QED) is 0.221. The van der Waals surface area contributed by atoms with E-state index in [-0.39, 0.29) is 11.8 Å². The van der Waals surface area contributed by atoms with Gasteiger partial charge in [-0.15, -0.1) is 0 Å². The summed E-state index contributed by atoms with van der Waals surface area (Å²) in [6.07, 6.45) is 0.417. The molecule has 1 amide bonds. The van der Waals surface area contributed by atoms with Gasteiger partial charge in [0.15, 0.2) is 0 Å². The lowest BCUT2D eigenvalue weighted by Crippen LogP contribution is -2.44. The Labute approximate surface area is 246 Å². The van der Waals surface area contributed by atoms with Crippen LogP contribution in [0.5, 0.6) is 5.75 Å². The van der Waals surface area contributed by atoms with Crippen LogP contribution in [0.25, 0.3) is 11.1 Å². The van der Waals surface area contributed by atoms with E-state index in [1.54, 1.807) is 24.1 Å². The Bertz CT molecular complexity index is 1530. The van der Waals surface area contributed by atoms with Gasteiger partial charge in [-0.3, -0.25) is 4.79 Å². The molecule has 1 aliphatic rings. The molecule has 5 rings (SSSR count). The monoisotopic (exact) mass is 567 g/mol. The van der Waals surface area contributed by atoms with Crippen LogP contribution in [0, 0.1) is 0 Å². The van der Waals surface area contributed by atoms with Gasteiger partial charge in [0.1, 0.15) is 17.4 Å². The van der Waals surface area contributed by atoms with Gasteiger partial charge >= 0.3 is 5.97 Å². The molecule has 0 saturated carbocycles. The van der Waals surface area contributed by atoms with E-state index >= 15 is 0 Å². The summed E-state index contributed by atoms with van der Waals surface area (Å²) in [6.45, 7) is 5.51. The van der Waals surface area contributed by atoms with E-state index in [0.29, 0.717) is 17.0 Å². The first-order valence-electron chi connectivity index (χ1n) is 13.8. The second-order valence-electron chi connectivity index (χ2n) is 11.3. The van der Waals surface area contributed by atoms with E-state index in [1.807, 2.05) is 112 Å². The number of para-hydroxylation sites is 1. The van der Waals surface area contributed by atoms with Crippen molar-refractivity contribution in [1.82, 2.24) is 4.90 Å². The number of rotatable bonds is 6. The van der Waals surface area contributed by atoms with Crippen molar-refractivity contribution < 1.29 is 19.1 Å². The Morgan fingerprint density at radius 2 is 1.46 bits per heavy atom. The first kappa shape index (κ1) is 28.4. The highest BCUT2D eigenvalue weighted by Crippen LogP contribution is 2.49. The fraction of sp³-hybridized carbons (Fsp3) is 0.257. The van der Waals surface area contributed by atoms with Crippen molar-refractivity contribution in [1.29, 1.82) is 0 Å². The lowest BCUT2D eigenvalue weighted by Gasteiger charge is -2.33. The molecule has 0 spiro atoms. The standard InChI is InChI=1S/C35H34ClNO4/c1-35(2,3)41-34(39)30-22-28(23-12-6-5-7-13-23)32(27-15-8-10-16-29(27)36)37(30)33(38)25-20-18-24(19-21-25)26-14-9-11-17-31(26)40-4/h5-21,28,30,32H,22H2,1-4H3/t28-,30+,32?/m1/s1. The van der Waals surface area contributed by atoms with Crippen molar-refractivity contribution in [3.8, 4) is 16.9 Å². The number of carbonyl (C=O) groups is 2. The molecule has 0 radical (unpaired) electrons. The van der Waals surface area contributed by atoms with Crippen LogP contribution in [0.2, 0.25) is 5.02 Å². The molecule has 3 atom stereocenters. The molecule has 1 aliphatic heterocycles. The largest absolute Gasteiger partial charge is 0.496 e. The maximum atomic E-state index is 14.4. The highest BCUT2D eigenvalue weighted by molar-refractivity contribution is 6.31. The fourth-order valence-electron chi connectivity index (χ4n) is 5.64. The van der Waals surface area contributed by atoms with E-state index in [1.165, 1.54) is 0 Å². The zero-order valence-electron chi connectivity index (χ0n) is 23.7. The summed E-state index contributed by atoms with van der Waals surface area (Å²) in [4.78, 5) is 29.8. The van der Waals surface area contributed by atoms with Crippen molar-refractivity contribution in [2.75, 3.05) is 7.11 Å². The summed E-state index contributed by atoms with van der Waals surface area (Å²) < 4.78 is 11.4. The minimum Gasteiger partial charge on any atom is -0.496 e. The van der Waals surface area contributed by atoms with Crippen molar-refractivity contribution in [3.63, 3.8) is 0 Å². The van der Waals surface area contributed by atoms with Crippen molar-refractivity contribution >= 4 is 23.5 Å². The topological polar surface area (TPSA) is 55.8 Å². The van der Waals surface area contributed by atoms with Crippen LogP contribution in [0.3, 0.4) is 0 Å². The summed E-state index contributed by atoms with van der Waals surface area (Å²) >= 11 is 6.76. The summed E-state index contributed by atoms with van der Waals surface area (Å²) in [5.41, 5.74) is 3.46. The second kappa shape index (κ2) is 11.8. The van der Waals surface area contributed by atoms with Gasteiger partial charge in [0.05, 0.1) is 13.2 Å². The zero-order chi connectivity index (χ0) is 29.1. The Morgan fingerprint density at radius 1 is 0.829 bits per heavy atom. The van der Waals surface area contributed by atoms with Crippen LogP contribution < -0.4 is 4.74 Å². The Hall–Kier alpha value is -4.09. The van der Waals surface area contributed by atoms with Gasteiger partial charge in [-0.2, -0.15) is 0 Å². The Kier molecular flexibility index (Phi) is 8.18. The summed E-state index contributed by atoms with van der Waals surface area (Å²) in [5, 5.41) is 0.549. The van der Waals surface area contributed by atoms with E-state index in [0.717, 1.165) is 28.0 Å². The molecule has 0 aliphatic carbocycles. The maximum Gasteiger partial charge on any atom is 0.329 e. The van der Waals surface area contributed by atoms with E-state index in [2.05, 4.69) is 0 Å². The fourth-order valence-corrected chi connectivity index (χ4v) is 5.89. The summed E-state index contributed by atoms with van der Waals surface area (Å²) in [7, 11) is 1.64. The predicted octanol–water partition coefficient (Wildman–Crippen LogP) is 8.10. The van der Waals surface area contributed by atoms with Gasteiger partial charge in [0.2, 0.25) is 0 Å². The number of likely N-dealkylation sites (tertiary alicyclic amines) is 1. The van der Waals surface area contributed by atoms with Crippen LogP contribution in [0.15, 0.2) is 103 Å². The third-order valence-electron chi connectivity index (χ3n) is 7.41. The number of ether oxygens (including phenoxy) is 2. The molecule has 0 bridgehead atoms. The van der Waals surface area contributed by atoms with Gasteiger partial charge in [0, 0.05) is 22.1 Å². The highest BCUT2D eigenvalue weighted by atomic mass is 35.5. The van der Waals surface area contributed by atoms with E-state index < -0.39 is 23.7 Å². The summed E-state index contributed by atoms with van der Waals surface area (Å²) in [6, 6.07) is 31.4. The molecule has 41 heavy (non-hydrogen) atoms. The molecule has 1 fully saturated rings. The molecule has 1 unspecified atom stereocenters. The molecule has 6 heteroatoms. The van der Waals surface area contributed by atoms with Crippen LogP contribution >= 0.6 is 11.6 Å². The molecule has 0 N–H and O–H groups in total. The first-order chi connectivity index (χ1) is 19.7. The molecule has 1 heterocycles. The lowest BCUT2D eigenvalue weighted by atomic mass is 9.87. The number of methoxy groups -OCH3 is 1. The van der Waals surface area contributed by atoms with Gasteiger partial charge in [-0.05, 0) is 68.1 Å². The highest BCUT2D eigenvalue weighted by Gasteiger charge is 2.50. The van der Waals surface area contributed by atoms with Crippen molar-refractivity contribution in [3.05, 3.63) is 125 Å². The van der Waals surface area contributed by atoms with Gasteiger partial charge in [0.25, 0.3) is 5.91 Å². The molecule has 0 aromatic heterocycles. The number of benzene rings is 4. The Morgan fingerprint density at radius 3 is 2.12 bits per heavy atom. The molecule has 1 saturated heterocycles. The Balaban J connectivity index is 1.60. The minimum absolute atomic E-state index is 0.162. The number of nitrogens with zero attached hydrogens (tertiary/aromatic N) is 1. The first-order valence-corrected chi connectivity index (χ1v) is 14.1. The van der Waals surface area contributed by atoms with Crippen LogP contribution in [-0.4, -0.2) is 35.5 Å². The van der Waals surface area contributed by atoms with Crippen LogP contribution in [0.1, 0.15) is 60.6 Å². The third kappa shape index (κ3) is 6.01. The average Bonchev–Trinajstić information content (AvgIpc) is 3.37. The van der Waals surface area contributed by atoms with Gasteiger partial charge < -0.3 is 14.4 Å². The predicted molar refractivity (Wildman–Crippen MR) is 162 cm³/mol. The third-order valence-corrected chi connectivity index (χ3v) is 7.75. The number of hydrogen-bond donors (Lipinski definition) is 0. The number of esters is 1. The number of halogens is 1. The van der Waals surface area contributed by atoms with Crippen molar-refractivity contribution in [2.45, 2.75) is 50.8 Å². The van der Waals surface area contributed by atoms with Gasteiger partial charge in [-0.25, -0.2) is 4.79 Å². The zero-order valence-corrected chi connectivity index (χ0v) is 24.5. The van der Waals surface area contributed by atoms with Crippen molar-refractivity contribution in [2.24, 2.45) is 0 Å². The number of hydrogen-bond acceptors (Lipinski definition) is 4. The molecule has 210 valence electrons. The smallest absolute Gasteiger partial charge is 0.329 e. The number of carbonyl (C=O) groups excluding carboxylic acids is 2. The average molecular weight is 568 g/mol. The second-order valence-corrected chi connectivity index (χ2v) is 11.7. The van der Waals surface area contributed by atoms with Crippen LogP contribution in [-0.2, 0) is 9.53 Å². The molecular formula is C35H34ClNO4. The van der Waals surface area contributed by atoms with E-state index in [9.17, 15) is 9.59 Å². The number of amides is 1. The normalized spacial score (nSPS) is 18.7. The molecule has 4 aromatic rings. The molecule has 5 nitrogen and oxygen atoms in total. The SMILES string of the molecule is COc1ccccc1-c1ccc(C(=O)N2C(c3ccccc3Cl)[C@@H](c3ccccc3)C[C@H]2C(=O)OC(C)(C)C)cc1. The summed E-state index contributed by atoms with van der Waals surface area (Å²) in [5.74, 6) is -0.0891. The molecule has 4 aromatic carbocycles. The lowest BCUT2D eigenvalue weighted by molar-refractivity contribution is -0.159. The maximum absolute atomic E-state index is 14.4. The van der Waals surface area contributed by atoms with Crippen LogP contribution in [0.4, 0.5) is 0 Å². The van der Waals surface area contributed by atoms with Gasteiger partial charge in [-0.1, -0.05) is 90.5 Å². The minimum atomic E-state index is -0.790. The molecular weight excluding hydrogens is 534 g/mol.